The molecule has 10 aromatic rings. The summed E-state index contributed by atoms with van der Waals surface area (Å²) in [5.74, 6) is 1.40. The van der Waals surface area contributed by atoms with Crippen molar-refractivity contribution in [2.24, 2.45) is 0 Å². The number of aromatic nitrogens is 4. The highest BCUT2D eigenvalue weighted by atomic mass is 16.5. The highest BCUT2D eigenvalue weighted by Crippen LogP contribution is 2.45. The SMILES string of the molecule is Oc1ccc2ccccc2c1-c1c(OC2=c3ccc([nH]3)=C(c3ccccc3)c3ccc([nH]3)C=c3ccc([nH]3)=C(c3ccccc3)c3ccc2[nH]3)ccc2ccccc12. The largest absolute Gasteiger partial charge is 0.507 e. The average molecular weight is 749 g/mol. The smallest absolute Gasteiger partial charge is 0.174 e. The fourth-order valence-electron chi connectivity index (χ4n) is 8.40. The number of phenolic OH excluding ortho intramolecular Hbond substituents is 1. The molecule has 6 heteroatoms. The first kappa shape index (κ1) is 33.4. The van der Waals surface area contributed by atoms with E-state index in [-0.39, 0.29) is 5.75 Å². The number of fused-ring (bicyclic) bond motifs is 10. The van der Waals surface area contributed by atoms with Gasteiger partial charge in [-0.3, -0.25) is 0 Å². The Morgan fingerprint density at radius 1 is 0.397 bits per heavy atom. The molecule has 0 amide bonds. The number of benzene rings is 6. The van der Waals surface area contributed by atoms with Crippen molar-refractivity contribution in [3.8, 4) is 22.6 Å². The van der Waals surface area contributed by atoms with Crippen LogP contribution in [0, 0.1) is 0 Å². The first-order valence-electron chi connectivity index (χ1n) is 19.4. The van der Waals surface area contributed by atoms with Crippen LogP contribution in [-0.4, -0.2) is 25.0 Å². The third-order valence-electron chi connectivity index (χ3n) is 11.1. The van der Waals surface area contributed by atoms with Crippen LogP contribution in [0.3, 0.4) is 0 Å². The number of aromatic hydroxyl groups is 1. The van der Waals surface area contributed by atoms with Crippen LogP contribution in [0.15, 0.2) is 182 Å². The highest BCUT2D eigenvalue weighted by molar-refractivity contribution is 6.09. The monoisotopic (exact) mass is 748 g/mol. The van der Waals surface area contributed by atoms with Crippen molar-refractivity contribution in [2.75, 3.05) is 0 Å². The lowest BCUT2D eigenvalue weighted by molar-refractivity contribution is 0.476. The Morgan fingerprint density at radius 3 is 1.71 bits per heavy atom. The summed E-state index contributed by atoms with van der Waals surface area (Å²) in [6, 6.07) is 62.0. The molecule has 5 heterocycles. The molecule has 0 radical (unpaired) electrons. The van der Waals surface area contributed by atoms with E-state index in [9.17, 15) is 5.11 Å². The zero-order valence-electron chi connectivity index (χ0n) is 31.3. The third-order valence-corrected chi connectivity index (χ3v) is 11.1. The van der Waals surface area contributed by atoms with Crippen molar-refractivity contribution in [2.45, 2.75) is 0 Å². The molecule has 0 aliphatic carbocycles. The molecule has 8 bridgehead atoms. The van der Waals surface area contributed by atoms with Gasteiger partial charge in [0.05, 0.1) is 11.0 Å². The Bertz CT molecular complexity index is 3440. The lowest BCUT2D eigenvalue weighted by Gasteiger charge is -2.18. The maximum Gasteiger partial charge on any atom is 0.174 e. The summed E-state index contributed by atoms with van der Waals surface area (Å²) in [6.07, 6.45) is 2.14. The van der Waals surface area contributed by atoms with E-state index in [1.54, 1.807) is 6.07 Å². The highest BCUT2D eigenvalue weighted by Gasteiger charge is 2.22. The average Bonchev–Trinajstić information content (AvgIpc) is 4.11. The van der Waals surface area contributed by atoms with Crippen LogP contribution >= 0.6 is 0 Å². The lowest BCUT2D eigenvalue weighted by Crippen LogP contribution is -2.19. The Hall–Kier alpha value is -7.96. The number of ether oxygens (including phenoxy) is 1. The summed E-state index contributed by atoms with van der Waals surface area (Å²) in [7, 11) is 0. The van der Waals surface area contributed by atoms with Crippen molar-refractivity contribution >= 4 is 44.5 Å². The number of rotatable bonds is 5. The molecular formula is C52H36N4O2. The fourth-order valence-corrected chi connectivity index (χ4v) is 8.40. The zero-order chi connectivity index (χ0) is 38.6. The maximum atomic E-state index is 11.7. The van der Waals surface area contributed by atoms with Crippen LogP contribution in [0.5, 0.6) is 11.5 Å². The van der Waals surface area contributed by atoms with Gasteiger partial charge in [0.15, 0.2) is 5.76 Å². The number of nitrogens with one attached hydrogen (secondary N) is 4. The van der Waals surface area contributed by atoms with Crippen LogP contribution in [0.4, 0.5) is 0 Å². The van der Waals surface area contributed by atoms with E-state index in [2.05, 4.69) is 153 Å². The second-order valence-electron chi connectivity index (χ2n) is 14.6. The van der Waals surface area contributed by atoms with Crippen molar-refractivity contribution in [3.05, 3.63) is 237 Å². The molecule has 276 valence electrons. The van der Waals surface area contributed by atoms with E-state index < -0.39 is 0 Å². The minimum absolute atomic E-state index is 0.185. The maximum absolute atomic E-state index is 11.7. The topological polar surface area (TPSA) is 92.6 Å². The van der Waals surface area contributed by atoms with E-state index in [4.69, 9.17) is 4.74 Å². The summed E-state index contributed by atoms with van der Waals surface area (Å²) >= 11 is 0. The first-order chi connectivity index (χ1) is 28.6. The molecule has 11 rings (SSSR count). The molecule has 0 spiro atoms. The Balaban J connectivity index is 1.22. The van der Waals surface area contributed by atoms with Gasteiger partial charge in [0, 0.05) is 55.4 Å². The van der Waals surface area contributed by atoms with Gasteiger partial charge in [0.25, 0.3) is 0 Å². The molecule has 0 atom stereocenters. The minimum Gasteiger partial charge on any atom is -0.507 e. The molecule has 0 saturated carbocycles. The number of phenols is 1. The summed E-state index contributed by atoms with van der Waals surface area (Å²) in [6.45, 7) is 0. The summed E-state index contributed by atoms with van der Waals surface area (Å²) in [4.78, 5) is 14.9. The van der Waals surface area contributed by atoms with Crippen LogP contribution in [0.25, 0.3) is 55.7 Å². The van der Waals surface area contributed by atoms with Crippen LogP contribution < -0.4 is 26.1 Å². The molecule has 0 saturated heterocycles. The van der Waals surface area contributed by atoms with Gasteiger partial charge in [-0.15, -0.1) is 0 Å². The molecule has 0 unspecified atom stereocenters. The van der Waals surface area contributed by atoms with Crippen LogP contribution in [0.2, 0.25) is 0 Å². The van der Waals surface area contributed by atoms with Crippen molar-refractivity contribution < 1.29 is 9.84 Å². The van der Waals surface area contributed by atoms with Gasteiger partial charge in [0.2, 0.25) is 0 Å². The Labute approximate surface area is 333 Å². The number of aromatic amines is 4. The number of hydrogen-bond donors (Lipinski definition) is 5. The van der Waals surface area contributed by atoms with Gasteiger partial charge in [0.1, 0.15) is 11.5 Å². The first-order valence-corrected chi connectivity index (χ1v) is 19.4. The molecular weight excluding hydrogens is 713 g/mol. The van der Waals surface area contributed by atoms with Crippen molar-refractivity contribution in [1.29, 1.82) is 0 Å². The normalized spacial score (nSPS) is 12.6. The Kier molecular flexibility index (Phi) is 7.86. The number of H-pyrrole nitrogens is 4. The van der Waals surface area contributed by atoms with Crippen molar-refractivity contribution in [3.63, 3.8) is 0 Å². The standard InChI is InChI=1S/C52H36N4O2/c57-46-29-19-32-11-7-9-17-38(32)50(46)51-39-18-10-8-12-33(39)20-30-47(51)58-52-44-27-25-42(55-44)48(34-13-3-1-4-14-34)40-23-21-36(53-40)31-37-22-24-41(54-37)49(35-15-5-2-6-16-35)43-26-28-45(52)56-43/h1-31,53-57H. The summed E-state index contributed by atoms with van der Waals surface area (Å²) < 4.78 is 7.30. The second-order valence-corrected chi connectivity index (χ2v) is 14.6. The van der Waals surface area contributed by atoms with Gasteiger partial charge in [-0.05, 0) is 99.4 Å². The quantitative estimate of drug-likeness (QED) is 0.122. The molecule has 4 aromatic heterocycles. The molecule has 1 aliphatic rings. The van der Waals surface area contributed by atoms with Gasteiger partial charge >= 0.3 is 0 Å². The predicted octanol–water partition coefficient (Wildman–Crippen LogP) is 8.55. The second kappa shape index (κ2) is 13.7. The van der Waals surface area contributed by atoms with E-state index in [0.29, 0.717) is 11.5 Å². The molecule has 58 heavy (non-hydrogen) atoms. The predicted molar refractivity (Wildman–Crippen MR) is 233 cm³/mol. The van der Waals surface area contributed by atoms with E-state index in [1.807, 2.05) is 48.5 Å². The van der Waals surface area contributed by atoms with Crippen LogP contribution in [0.1, 0.15) is 33.9 Å². The fraction of sp³-hybridized carbons (Fsp3) is 0. The van der Waals surface area contributed by atoms with E-state index in [1.165, 1.54) is 0 Å². The van der Waals surface area contributed by atoms with E-state index >= 15 is 0 Å². The molecule has 1 aliphatic heterocycles. The van der Waals surface area contributed by atoms with Crippen molar-refractivity contribution in [1.82, 2.24) is 19.9 Å². The van der Waals surface area contributed by atoms with Crippen LogP contribution in [-0.2, 0) is 0 Å². The van der Waals surface area contributed by atoms with Gasteiger partial charge in [-0.1, -0.05) is 121 Å². The van der Waals surface area contributed by atoms with Gasteiger partial charge in [-0.25, -0.2) is 0 Å². The minimum atomic E-state index is 0.185. The number of hydrogen-bond acceptors (Lipinski definition) is 2. The molecule has 0 fully saturated rings. The lowest BCUT2D eigenvalue weighted by atomic mass is 9.92. The zero-order valence-corrected chi connectivity index (χ0v) is 31.3. The third kappa shape index (κ3) is 5.74. The Morgan fingerprint density at radius 2 is 0.966 bits per heavy atom. The molecule has 5 N–H and O–H groups in total. The summed E-state index contributed by atoms with van der Waals surface area (Å²) in [5, 5.41) is 19.3. The summed E-state index contributed by atoms with van der Waals surface area (Å²) in [5.41, 5.74) is 9.42. The van der Waals surface area contributed by atoms with Gasteiger partial charge in [-0.2, -0.15) is 0 Å². The van der Waals surface area contributed by atoms with Gasteiger partial charge < -0.3 is 29.8 Å². The van der Waals surface area contributed by atoms with E-state index in [0.717, 1.165) is 99.1 Å². The molecule has 6 aromatic carbocycles. The molecule has 6 nitrogen and oxygen atoms in total.